The second-order valence-electron chi connectivity index (χ2n) is 10.8. The number of halogens is 2. The molecule has 0 aromatic heterocycles. The van der Waals surface area contributed by atoms with Gasteiger partial charge in [-0.1, -0.05) is 96.9 Å². The summed E-state index contributed by atoms with van der Waals surface area (Å²) >= 11 is 12.7. The highest BCUT2D eigenvalue weighted by Crippen LogP contribution is 2.30. The number of benzene rings is 4. The van der Waals surface area contributed by atoms with Crippen LogP contribution in [0.15, 0.2) is 102 Å². The number of rotatable bonds is 13. The Hall–Kier alpha value is -3.85. The summed E-state index contributed by atoms with van der Waals surface area (Å²) in [7, 11) is -4.19. The van der Waals surface area contributed by atoms with Crippen molar-refractivity contribution >= 4 is 50.7 Å². The fraction of sp³-hybridized carbons (Fsp3) is 0.257. The number of aryl methyl sites for hydroxylation is 1. The molecule has 4 rings (SSSR count). The highest BCUT2D eigenvalue weighted by Gasteiger charge is 2.35. The lowest BCUT2D eigenvalue weighted by Crippen LogP contribution is -2.53. The van der Waals surface area contributed by atoms with Gasteiger partial charge in [0.05, 0.1) is 10.6 Å². The zero-order valence-corrected chi connectivity index (χ0v) is 27.9. The number of amides is 2. The molecule has 0 aliphatic carbocycles. The summed E-state index contributed by atoms with van der Waals surface area (Å²) in [5.41, 5.74) is 3.39. The van der Waals surface area contributed by atoms with E-state index in [9.17, 15) is 18.0 Å². The average molecular weight is 667 g/mol. The molecular formula is C35H37Cl2N3O4S. The topological polar surface area (TPSA) is 86.8 Å². The van der Waals surface area contributed by atoms with Crippen molar-refractivity contribution < 1.29 is 18.0 Å². The first-order valence-electron chi connectivity index (χ1n) is 14.7. The first kappa shape index (κ1) is 34.0. The fourth-order valence-corrected chi connectivity index (χ4v) is 6.95. The zero-order chi connectivity index (χ0) is 32.6. The molecule has 0 unspecified atom stereocenters. The summed E-state index contributed by atoms with van der Waals surface area (Å²) in [4.78, 5) is 29.8. The molecule has 0 aliphatic heterocycles. The van der Waals surface area contributed by atoms with Crippen LogP contribution in [0.25, 0.3) is 0 Å². The van der Waals surface area contributed by atoms with Crippen LogP contribution in [0.4, 0.5) is 5.69 Å². The summed E-state index contributed by atoms with van der Waals surface area (Å²) < 4.78 is 29.5. The number of carbonyl (C=O) groups is 2. The molecule has 0 bridgehead atoms. The van der Waals surface area contributed by atoms with Gasteiger partial charge in [0.15, 0.2) is 0 Å². The molecule has 0 fully saturated rings. The van der Waals surface area contributed by atoms with E-state index in [0.29, 0.717) is 34.3 Å². The van der Waals surface area contributed by atoms with Crippen molar-refractivity contribution in [2.24, 2.45) is 0 Å². The van der Waals surface area contributed by atoms with Gasteiger partial charge in [0.2, 0.25) is 11.8 Å². The summed E-state index contributed by atoms with van der Waals surface area (Å²) in [6.07, 6.45) is 0.915. The van der Waals surface area contributed by atoms with Crippen LogP contribution in [-0.4, -0.2) is 44.3 Å². The predicted molar refractivity (Wildman–Crippen MR) is 181 cm³/mol. The van der Waals surface area contributed by atoms with Gasteiger partial charge >= 0.3 is 0 Å². The second-order valence-corrected chi connectivity index (χ2v) is 13.5. The van der Waals surface area contributed by atoms with E-state index in [1.54, 1.807) is 48.5 Å². The third-order valence-corrected chi connectivity index (χ3v) is 9.99. The van der Waals surface area contributed by atoms with Crippen LogP contribution in [0.2, 0.25) is 10.0 Å². The maximum absolute atomic E-state index is 14.6. The van der Waals surface area contributed by atoms with E-state index in [1.807, 2.05) is 57.2 Å². The number of anilines is 1. The van der Waals surface area contributed by atoms with E-state index in [1.165, 1.54) is 17.0 Å². The van der Waals surface area contributed by atoms with Crippen molar-refractivity contribution in [2.45, 2.75) is 51.1 Å². The maximum atomic E-state index is 14.6. The van der Waals surface area contributed by atoms with Gasteiger partial charge in [0.25, 0.3) is 10.0 Å². The lowest BCUT2D eigenvalue weighted by molar-refractivity contribution is -0.140. The SMILES string of the molecule is CCCNC(=O)[C@H](Cc1ccccc1)N(Cc1ccc(Cl)cc1Cl)C(=O)CN(c1cccc(C)c1C)S(=O)(=O)c1ccccc1. The van der Waals surface area contributed by atoms with Crippen LogP contribution in [0.3, 0.4) is 0 Å². The Kier molecular flexibility index (Phi) is 11.7. The highest BCUT2D eigenvalue weighted by atomic mass is 35.5. The van der Waals surface area contributed by atoms with Crippen LogP contribution >= 0.6 is 23.2 Å². The van der Waals surface area contributed by atoms with Crippen molar-refractivity contribution in [3.05, 3.63) is 129 Å². The van der Waals surface area contributed by atoms with Gasteiger partial charge in [-0.25, -0.2) is 8.42 Å². The van der Waals surface area contributed by atoms with Crippen molar-refractivity contribution in [1.82, 2.24) is 10.2 Å². The Morgan fingerprint density at radius 3 is 2.18 bits per heavy atom. The molecule has 4 aromatic rings. The van der Waals surface area contributed by atoms with Gasteiger partial charge in [-0.15, -0.1) is 0 Å². The number of hydrogen-bond donors (Lipinski definition) is 1. The monoisotopic (exact) mass is 665 g/mol. The van der Waals surface area contributed by atoms with Gasteiger partial charge in [-0.05, 0) is 72.9 Å². The first-order chi connectivity index (χ1) is 21.5. The lowest BCUT2D eigenvalue weighted by atomic mass is 10.0. The van der Waals surface area contributed by atoms with E-state index in [-0.39, 0.29) is 23.8 Å². The molecule has 0 saturated carbocycles. The third kappa shape index (κ3) is 8.45. The van der Waals surface area contributed by atoms with Crippen molar-refractivity contribution in [3.8, 4) is 0 Å². The Morgan fingerprint density at radius 2 is 1.53 bits per heavy atom. The summed E-state index contributed by atoms with van der Waals surface area (Å²) in [6.45, 7) is 5.49. The van der Waals surface area contributed by atoms with Crippen molar-refractivity contribution in [1.29, 1.82) is 0 Å². The molecule has 0 saturated heterocycles. The number of sulfonamides is 1. The molecule has 236 valence electrons. The minimum Gasteiger partial charge on any atom is -0.354 e. The number of nitrogens with zero attached hydrogens (tertiary/aromatic N) is 2. The Bertz CT molecular complexity index is 1730. The molecular weight excluding hydrogens is 629 g/mol. The second kappa shape index (κ2) is 15.4. The normalized spacial score (nSPS) is 11.9. The molecule has 10 heteroatoms. The van der Waals surface area contributed by atoms with Crippen LogP contribution in [-0.2, 0) is 32.6 Å². The quantitative estimate of drug-likeness (QED) is 0.167. The summed E-state index contributed by atoms with van der Waals surface area (Å²) in [6, 6.07) is 26.7. The molecule has 0 heterocycles. The van der Waals surface area contributed by atoms with Crippen LogP contribution in [0, 0.1) is 13.8 Å². The Morgan fingerprint density at radius 1 is 0.867 bits per heavy atom. The van der Waals surface area contributed by atoms with Crippen LogP contribution < -0.4 is 9.62 Å². The molecule has 2 amide bonds. The Balaban J connectivity index is 1.84. The Labute approximate surface area is 275 Å². The zero-order valence-electron chi connectivity index (χ0n) is 25.5. The minimum atomic E-state index is -4.19. The molecule has 45 heavy (non-hydrogen) atoms. The molecule has 0 aliphatic rings. The third-order valence-electron chi connectivity index (χ3n) is 7.63. The van der Waals surface area contributed by atoms with Gasteiger partial charge in [-0.3, -0.25) is 13.9 Å². The van der Waals surface area contributed by atoms with Gasteiger partial charge in [0, 0.05) is 29.6 Å². The molecule has 0 spiro atoms. The lowest BCUT2D eigenvalue weighted by Gasteiger charge is -2.34. The highest BCUT2D eigenvalue weighted by molar-refractivity contribution is 7.92. The molecule has 4 aromatic carbocycles. The van der Waals surface area contributed by atoms with E-state index >= 15 is 0 Å². The van der Waals surface area contributed by atoms with Gasteiger partial charge in [0.1, 0.15) is 12.6 Å². The number of carbonyl (C=O) groups excluding carboxylic acids is 2. The van der Waals surface area contributed by atoms with E-state index in [2.05, 4.69) is 5.32 Å². The van der Waals surface area contributed by atoms with Gasteiger partial charge < -0.3 is 10.2 Å². The smallest absolute Gasteiger partial charge is 0.264 e. The summed E-state index contributed by atoms with van der Waals surface area (Å²) in [5, 5.41) is 3.69. The van der Waals surface area contributed by atoms with Crippen LogP contribution in [0.5, 0.6) is 0 Å². The maximum Gasteiger partial charge on any atom is 0.264 e. The average Bonchev–Trinajstić information content (AvgIpc) is 3.03. The van der Waals surface area contributed by atoms with E-state index in [4.69, 9.17) is 23.2 Å². The first-order valence-corrected chi connectivity index (χ1v) is 16.9. The molecule has 1 N–H and O–H groups in total. The van der Waals surface area contributed by atoms with E-state index < -0.39 is 28.5 Å². The van der Waals surface area contributed by atoms with Crippen LogP contribution in [0.1, 0.15) is 35.6 Å². The van der Waals surface area contributed by atoms with Gasteiger partial charge in [-0.2, -0.15) is 0 Å². The standard InChI is InChI=1S/C35H37Cl2N3O4S/c1-4-20-38-35(42)33(21-27-13-7-5-8-14-27)39(23-28-18-19-29(36)22-31(28)37)34(41)24-40(32-17-11-12-25(2)26(32)3)45(43,44)30-15-9-6-10-16-30/h5-19,22,33H,4,20-21,23-24H2,1-3H3,(H,38,42)/t33-/m0/s1. The molecule has 7 nitrogen and oxygen atoms in total. The summed E-state index contributed by atoms with van der Waals surface area (Å²) in [5.74, 6) is -0.905. The predicted octanol–water partition coefficient (Wildman–Crippen LogP) is 6.97. The largest absolute Gasteiger partial charge is 0.354 e. The number of nitrogens with one attached hydrogen (secondary N) is 1. The molecule has 1 atom stereocenters. The van der Waals surface area contributed by atoms with Crippen molar-refractivity contribution in [2.75, 3.05) is 17.4 Å². The number of hydrogen-bond acceptors (Lipinski definition) is 4. The molecule has 0 radical (unpaired) electrons. The minimum absolute atomic E-state index is 0.0437. The fourth-order valence-electron chi connectivity index (χ4n) is 4.99. The van der Waals surface area contributed by atoms with Crippen molar-refractivity contribution in [3.63, 3.8) is 0 Å². The van der Waals surface area contributed by atoms with E-state index in [0.717, 1.165) is 21.0 Å².